The van der Waals surface area contributed by atoms with Crippen LogP contribution in [0.5, 0.6) is 17.2 Å². The van der Waals surface area contributed by atoms with Crippen LogP contribution in [0.2, 0.25) is 0 Å². The van der Waals surface area contributed by atoms with E-state index in [4.69, 9.17) is 14.2 Å². The van der Waals surface area contributed by atoms with E-state index < -0.39 is 17.2 Å². The van der Waals surface area contributed by atoms with E-state index in [1.165, 1.54) is 12.1 Å². The molecule has 0 bridgehead atoms. The Morgan fingerprint density at radius 2 is 1.74 bits per heavy atom. The molecule has 1 N–H and O–H groups in total. The number of carbonyl (C=O) groups excluding carboxylic acids is 1. The first-order valence-corrected chi connectivity index (χ1v) is 11.0. The van der Waals surface area contributed by atoms with Crippen LogP contribution in [0.1, 0.15) is 30.9 Å². The largest absolute Gasteiger partial charge is 0.494 e. The number of carbonyl (C=O) groups is 1. The number of hydrogen-bond acceptors (Lipinski definition) is 4. The molecule has 5 nitrogen and oxygen atoms in total. The summed E-state index contributed by atoms with van der Waals surface area (Å²) in [5, 5.41) is 2.83. The number of amides is 1. The van der Waals surface area contributed by atoms with Crippen molar-refractivity contribution in [3.05, 3.63) is 71.8 Å². The maximum absolute atomic E-state index is 13.7. The van der Waals surface area contributed by atoms with Crippen molar-refractivity contribution in [2.24, 2.45) is 0 Å². The van der Waals surface area contributed by atoms with Crippen LogP contribution in [0.4, 0.5) is 18.9 Å². The fourth-order valence-corrected chi connectivity index (χ4v) is 4.22. The van der Waals surface area contributed by atoms with Crippen LogP contribution in [0.25, 0.3) is 11.1 Å². The third-order valence-corrected chi connectivity index (χ3v) is 6.17. The third-order valence-electron chi connectivity index (χ3n) is 6.17. The van der Waals surface area contributed by atoms with Crippen LogP contribution in [0.15, 0.2) is 60.7 Å². The van der Waals surface area contributed by atoms with Crippen molar-refractivity contribution in [3.8, 4) is 28.4 Å². The van der Waals surface area contributed by atoms with Gasteiger partial charge in [0.05, 0.1) is 17.6 Å². The van der Waals surface area contributed by atoms with Gasteiger partial charge in [-0.05, 0) is 78.9 Å². The minimum atomic E-state index is -4.54. The molecule has 5 rings (SSSR count). The lowest BCUT2D eigenvalue weighted by Gasteiger charge is -2.19. The highest BCUT2D eigenvalue weighted by Crippen LogP contribution is 2.51. The highest BCUT2D eigenvalue weighted by atomic mass is 19.4. The van der Waals surface area contributed by atoms with Gasteiger partial charge in [-0.1, -0.05) is 18.2 Å². The van der Waals surface area contributed by atoms with E-state index in [-0.39, 0.29) is 18.3 Å². The Balaban J connectivity index is 1.44. The summed E-state index contributed by atoms with van der Waals surface area (Å²) in [4.78, 5) is 13.2. The number of anilines is 1. The normalized spacial score (nSPS) is 15.6. The quantitative estimate of drug-likeness (QED) is 0.469. The molecule has 1 fully saturated rings. The second-order valence-corrected chi connectivity index (χ2v) is 8.32. The molecule has 1 heterocycles. The third kappa shape index (κ3) is 4.04. The average molecular weight is 469 g/mol. The van der Waals surface area contributed by atoms with Crippen molar-refractivity contribution in [3.63, 3.8) is 0 Å². The van der Waals surface area contributed by atoms with Crippen molar-refractivity contribution in [1.82, 2.24) is 0 Å². The molecule has 8 heteroatoms. The number of nitrogens with one attached hydrogen (secondary N) is 1. The molecule has 34 heavy (non-hydrogen) atoms. The summed E-state index contributed by atoms with van der Waals surface area (Å²) < 4.78 is 57.3. The van der Waals surface area contributed by atoms with Crippen LogP contribution < -0.4 is 19.5 Å². The minimum Gasteiger partial charge on any atom is -0.494 e. The monoisotopic (exact) mass is 469 g/mol. The lowest BCUT2D eigenvalue weighted by molar-refractivity contribution is -0.137. The fraction of sp³-hybridized carbons (Fsp3) is 0.269. The Kier molecular flexibility index (Phi) is 5.38. The molecule has 0 atom stereocenters. The molecule has 3 aromatic rings. The van der Waals surface area contributed by atoms with E-state index in [1.54, 1.807) is 36.4 Å². The second kappa shape index (κ2) is 8.27. The number of alkyl halides is 3. The summed E-state index contributed by atoms with van der Waals surface area (Å²) in [6.45, 7) is 2.43. The molecule has 1 amide bonds. The first-order chi connectivity index (χ1) is 16.3. The lowest BCUT2D eigenvalue weighted by Crippen LogP contribution is -2.27. The SMILES string of the molecule is CCOc1ccc(-c2cc(NC(=O)C3(c4ccc5c(c4)OCO5)CC3)ccc2C(F)(F)F)cc1. The van der Waals surface area contributed by atoms with Crippen molar-refractivity contribution >= 4 is 11.6 Å². The van der Waals surface area contributed by atoms with Gasteiger partial charge in [0, 0.05) is 5.69 Å². The van der Waals surface area contributed by atoms with E-state index in [1.807, 2.05) is 13.0 Å². The zero-order chi connectivity index (χ0) is 23.9. The Hall–Kier alpha value is -3.68. The van der Waals surface area contributed by atoms with Crippen molar-refractivity contribution < 1.29 is 32.2 Å². The van der Waals surface area contributed by atoms with Crippen LogP contribution >= 0.6 is 0 Å². The molecule has 0 saturated heterocycles. The molecule has 0 radical (unpaired) electrons. The average Bonchev–Trinajstić information content (AvgIpc) is 3.50. The predicted molar refractivity (Wildman–Crippen MR) is 120 cm³/mol. The van der Waals surface area contributed by atoms with Gasteiger partial charge in [0.15, 0.2) is 11.5 Å². The van der Waals surface area contributed by atoms with Crippen LogP contribution in [0, 0.1) is 0 Å². The summed E-state index contributed by atoms with van der Waals surface area (Å²) in [7, 11) is 0. The minimum absolute atomic E-state index is 0.0127. The zero-order valence-corrected chi connectivity index (χ0v) is 18.4. The summed E-state index contributed by atoms with van der Waals surface area (Å²) >= 11 is 0. The van der Waals surface area contributed by atoms with Gasteiger partial charge in [0.1, 0.15) is 5.75 Å². The molecule has 0 spiro atoms. The summed E-state index contributed by atoms with van der Waals surface area (Å²) in [5.74, 6) is 1.53. The Morgan fingerprint density at radius 1 is 1.00 bits per heavy atom. The van der Waals surface area contributed by atoms with Crippen molar-refractivity contribution in [1.29, 1.82) is 0 Å². The summed E-state index contributed by atoms with van der Waals surface area (Å²) in [5.41, 5.74) is -0.0402. The van der Waals surface area contributed by atoms with E-state index in [0.717, 1.165) is 11.6 Å². The van der Waals surface area contributed by atoms with Gasteiger partial charge in [0.25, 0.3) is 0 Å². The van der Waals surface area contributed by atoms with E-state index in [2.05, 4.69) is 5.32 Å². The van der Waals surface area contributed by atoms with Crippen molar-refractivity contribution in [2.75, 3.05) is 18.7 Å². The molecular formula is C26H22F3NO4. The molecule has 176 valence electrons. The molecule has 3 aromatic carbocycles. The standard InChI is InChI=1S/C26H22F3NO4/c1-2-32-19-7-3-16(4-8-19)20-14-18(6-9-21(20)26(27,28)29)30-24(31)25(11-12-25)17-5-10-22-23(13-17)34-15-33-22/h3-10,13-14H,2,11-12,15H2,1H3,(H,30,31). The molecule has 1 saturated carbocycles. The summed E-state index contributed by atoms with van der Waals surface area (Å²) in [6, 6.07) is 15.5. The molecule has 0 unspecified atom stereocenters. The molecule has 0 aromatic heterocycles. The van der Waals surface area contributed by atoms with Crippen molar-refractivity contribution in [2.45, 2.75) is 31.4 Å². The highest BCUT2D eigenvalue weighted by molar-refractivity contribution is 6.02. The Morgan fingerprint density at radius 3 is 2.41 bits per heavy atom. The van der Waals surface area contributed by atoms with E-state index in [9.17, 15) is 18.0 Å². The van der Waals surface area contributed by atoms with Gasteiger partial charge in [-0.25, -0.2) is 0 Å². The van der Waals surface area contributed by atoms with Crippen LogP contribution in [-0.2, 0) is 16.4 Å². The molecular weight excluding hydrogens is 447 g/mol. The van der Waals surface area contributed by atoms with Gasteiger partial charge in [-0.3, -0.25) is 4.79 Å². The lowest BCUT2D eigenvalue weighted by atomic mass is 9.94. The number of ether oxygens (including phenoxy) is 3. The number of rotatable bonds is 6. The van der Waals surface area contributed by atoms with Gasteiger partial charge in [-0.2, -0.15) is 13.2 Å². The maximum Gasteiger partial charge on any atom is 0.417 e. The van der Waals surface area contributed by atoms with E-state index in [0.29, 0.717) is 47.9 Å². The number of benzene rings is 3. The first-order valence-electron chi connectivity index (χ1n) is 11.0. The topological polar surface area (TPSA) is 56.8 Å². The van der Waals surface area contributed by atoms with Crippen LogP contribution in [0.3, 0.4) is 0 Å². The molecule has 1 aliphatic heterocycles. The van der Waals surface area contributed by atoms with Crippen LogP contribution in [-0.4, -0.2) is 19.3 Å². The maximum atomic E-state index is 13.7. The van der Waals surface area contributed by atoms with E-state index >= 15 is 0 Å². The summed E-state index contributed by atoms with van der Waals surface area (Å²) in [6.07, 6.45) is -3.25. The second-order valence-electron chi connectivity index (χ2n) is 8.32. The highest BCUT2D eigenvalue weighted by Gasteiger charge is 2.51. The van der Waals surface area contributed by atoms with Gasteiger partial charge < -0.3 is 19.5 Å². The zero-order valence-electron chi connectivity index (χ0n) is 18.4. The number of halogens is 3. The predicted octanol–water partition coefficient (Wildman–Crippen LogP) is 6.17. The van der Waals surface area contributed by atoms with Gasteiger partial charge in [-0.15, -0.1) is 0 Å². The Bertz CT molecular complexity index is 1230. The van der Waals surface area contributed by atoms with Gasteiger partial charge in [0.2, 0.25) is 12.7 Å². The van der Waals surface area contributed by atoms with Gasteiger partial charge >= 0.3 is 6.18 Å². The molecule has 1 aliphatic carbocycles. The number of fused-ring (bicyclic) bond motifs is 1. The molecule has 2 aliphatic rings. The number of hydrogen-bond donors (Lipinski definition) is 1. The smallest absolute Gasteiger partial charge is 0.417 e. The Labute approximate surface area is 194 Å². The first kappa shape index (κ1) is 22.1. The fourth-order valence-electron chi connectivity index (χ4n) is 4.22.